The summed E-state index contributed by atoms with van der Waals surface area (Å²) < 4.78 is 0. The maximum atomic E-state index is 12.4. The highest BCUT2D eigenvalue weighted by Crippen LogP contribution is 2.26. The third kappa shape index (κ3) is 4.32. The lowest BCUT2D eigenvalue weighted by atomic mass is 9.88. The summed E-state index contributed by atoms with van der Waals surface area (Å²) in [7, 11) is 0. The lowest BCUT2D eigenvalue weighted by Gasteiger charge is -2.22. The molecule has 1 atom stereocenters. The van der Waals surface area contributed by atoms with E-state index in [0.29, 0.717) is 13.0 Å². The van der Waals surface area contributed by atoms with Crippen molar-refractivity contribution in [2.75, 3.05) is 0 Å². The molecule has 0 aromatic heterocycles. The van der Waals surface area contributed by atoms with E-state index >= 15 is 0 Å². The van der Waals surface area contributed by atoms with Gasteiger partial charge in [-0.25, -0.2) is 0 Å². The summed E-state index contributed by atoms with van der Waals surface area (Å²) in [4.78, 5) is 24.1. The summed E-state index contributed by atoms with van der Waals surface area (Å²) in [6.07, 6.45) is 5.77. The third-order valence-corrected chi connectivity index (χ3v) is 5.96. The maximum absolute atomic E-state index is 12.4. The summed E-state index contributed by atoms with van der Waals surface area (Å²) in [5.41, 5.74) is 4.91. The summed E-state index contributed by atoms with van der Waals surface area (Å²) in [6.45, 7) is 0.574. The minimum atomic E-state index is -0.507. The first kappa shape index (κ1) is 19.2. The minimum Gasteiger partial charge on any atom is -0.348 e. The Hall–Kier alpha value is -3.13. The van der Waals surface area contributed by atoms with E-state index in [1.54, 1.807) is 0 Å². The first-order chi connectivity index (χ1) is 14.1. The number of nitrogens with zero attached hydrogens (tertiary/aromatic N) is 1. The third-order valence-electron chi connectivity index (χ3n) is 5.96. The number of amides is 2. The quantitative estimate of drug-likeness (QED) is 0.820. The normalized spacial score (nSPS) is 17.1. The van der Waals surface area contributed by atoms with Crippen molar-refractivity contribution >= 4 is 11.8 Å². The topological polar surface area (TPSA) is 82.0 Å². The number of nitriles is 1. The molecule has 1 aliphatic carbocycles. The van der Waals surface area contributed by atoms with Crippen LogP contribution in [0.5, 0.6) is 0 Å². The van der Waals surface area contributed by atoms with Crippen LogP contribution in [-0.2, 0) is 17.8 Å². The van der Waals surface area contributed by atoms with Gasteiger partial charge < -0.3 is 10.6 Å². The predicted molar refractivity (Wildman–Crippen MR) is 111 cm³/mol. The summed E-state index contributed by atoms with van der Waals surface area (Å²) in [5, 5.41) is 15.2. The van der Waals surface area contributed by atoms with Gasteiger partial charge in [-0.05, 0) is 47.2 Å². The van der Waals surface area contributed by atoms with Gasteiger partial charge in [-0.1, -0.05) is 49.6 Å². The van der Waals surface area contributed by atoms with E-state index in [4.69, 9.17) is 0 Å². The highest BCUT2D eigenvalue weighted by Gasteiger charge is 2.23. The fraction of sp³-hybridized carbons (Fsp3) is 0.375. The van der Waals surface area contributed by atoms with Gasteiger partial charge in [0.2, 0.25) is 5.91 Å². The molecule has 2 aromatic rings. The Kier molecular flexibility index (Phi) is 5.62. The number of rotatable bonds is 5. The molecule has 0 saturated heterocycles. The molecule has 1 heterocycles. The molecule has 5 heteroatoms. The van der Waals surface area contributed by atoms with Gasteiger partial charge in [0, 0.05) is 24.4 Å². The van der Waals surface area contributed by atoms with Gasteiger partial charge in [0.15, 0.2) is 0 Å². The second-order valence-electron chi connectivity index (χ2n) is 7.98. The summed E-state index contributed by atoms with van der Waals surface area (Å²) in [6, 6.07) is 15.7. The Labute approximate surface area is 171 Å². The van der Waals surface area contributed by atoms with Gasteiger partial charge in [0.1, 0.15) is 6.04 Å². The summed E-state index contributed by atoms with van der Waals surface area (Å²) >= 11 is 0. The average Bonchev–Trinajstić information content (AvgIpc) is 3.14. The van der Waals surface area contributed by atoms with E-state index in [2.05, 4.69) is 16.7 Å². The molecule has 1 saturated carbocycles. The number of nitrogens with one attached hydrogen (secondary N) is 2. The fourth-order valence-electron chi connectivity index (χ4n) is 4.26. The monoisotopic (exact) mass is 387 g/mol. The van der Waals surface area contributed by atoms with E-state index in [1.807, 2.05) is 42.5 Å². The smallest absolute Gasteiger partial charge is 0.251 e. The first-order valence-electron chi connectivity index (χ1n) is 10.3. The zero-order valence-electron chi connectivity index (χ0n) is 16.4. The van der Waals surface area contributed by atoms with Crippen LogP contribution < -0.4 is 10.6 Å². The SMILES string of the molecule is N#CC(Cc1ccc(-c2ccc3c(c2)CNC3=O)cc1)NC(=O)C1CCCCC1. The number of fused-ring (bicyclic) bond motifs is 1. The Morgan fingerprint density at radius 2 is 1.83 bits per heavy atom. The molecule has 0 bridgehead atoms. The molecule has 2 N–H and O–H groups in total. The Morgan fingerprint density at radius 3 is 2.55 bits per heavy atom. The van der Waals surface area contributed by atoms with Crippen molar-refractivity contribution in [3.8, 4) is 17.2 Å². The van der Waals surface area contributed by atoms with Gasteiger partial charge in [-0.3, -0.25) is 9.59 Å². The van der Waals surface area contributed by atoms with Gasteiger partial charge in [0.25, 0.3) is 5.91 Å². The van der Waals surface area contributed by atoms with Crippen molar-refractivity contribution in [3.63, 3.8) is 0 Å². The Bertz CT molecular complexity index is 953. The van der Waals surface area contributed by atoms with Crippen LogP contribution in [-0.4, -0.2) is 17.9 Å². The van der Waals surface area contributed by atoms with Gasteiger partial charge in [-0.2, -0.15) is 5.26 Å². The average molecular weight is 387 g/mol. The van der Waals surface area contributed by atoms with Crippen LogP contribution in [0.4, 0.5) is 0 Å². The maximum Gasteiger partial charge on any atom is 0.251 e. The predicted octanol–water partition coefficient (Wildman–Crippen LogP) is 3.73. The molecule has 2 aliphatic rings. The molecule has 1 fully saturated rings. The van der Waals surface area contributed by atoms with Crippen LogP contribution in [0.3, 0.4) is 0 Å². The number of hydrogen-bond donors (Lipinski definition) is 2. The molecule has 1 aliphatic heterocycles. The van der Waals surface area contributed by atoms with Crippen molar-refractivity contribution in [2.45, 2.75) is 51.1 Å². The molecule has 4 rings (SSSR count). The largest absolute Gasteiger partial charge is 0.348 e. The number of hydrogen-bond acceptors (Lipinski definition) is 3. The zero-order chi connectivity index (χ0) is 20.2. The lowest BCUT2D eigenvalue weighted by molar-refractivity contribution is -0.126. The number of carbonyl (C=O) groups is 2. The summed E-state index contributed by atoms with van der Waals surface area (Å²) in [5.74, 6) is 0.0667. The van der Waals surface area contributed by atoms with Crippen molar-refractivity contribution in [1.29, 1.82) is 5.26 Å². The minimum absolute atomic E-state index is 0.0142. The molecule has 0 spiro atoms. The molecular formula is C24H25N3O2. The van der Waals surface area contributed by atoms with Crippen LogP contribution in [0.1, 0.15) is 53.6 Å². The lowest BCUT2D eigenvalue weighted by Crippen LogP contribution is -2.40. The second kappa shape index (κ2) is 8.48. The van der Waals surface area contributed by atoms with Crippen molar-refractivity contribution in [3.05, 3.63) is 59.2 Å². The van der Waals surface area contributed by atoms with Crippen molar-refractivity contribution in [1.82, 2.24) is 10.6 Å². The van der Waals surface area contributed by atoms with Crippen LogP contribution in [0.2, 0.25) is 0 Å². The first-order valence-corrected chi connectivity index (χ1v) is 10.3. The van der Waals surface area contributed by atoms with Crippen LogP contribution in [0.25, 0.3) is 11.1 Å². The van der Waals surface area contributed by atoms with E-state index in [9.17, 15) is 14.9 Å². The molecule has 5 nitrogen and oxygen atoms in total. The Balaban J connectivity index is 1.40. The van der Waals surface area contributed by atoms with E-state index in [0.717, 1.165) is 53.5 Å². The standard InChI is InChI=1S/C24H25N3O2/c25-14-21(27-23(28)18-4-2-1-3-5-18)12-16-6-8-17(9-7-16)19-10-11-22-20(13-19)15-26-24(22)29/h6-11,13,18,21H,1-5,12,15H2,(H,26,29)(H,27,28). The van der Waals surface area contributed by atoms with Gasteiger partial charge >= 0.3 is 0 Å². The highest BCUT2D eigenvalue weighted by atomic mass is 16.2. The molecule has 0 radical (unpaired) electrons. The van der Waals surface area contributed by atoms with Gasteiger partial charge in [-0.15, -0.1) is 0 Å². The number of carbonyl (C=O) groups excluding carboxylic acids is 2. The number of benzene rings is 2. The second-order valence-corrected chi connectivity index (χ2v) is 7.98. The molecule has 1 unspecified atom stereocenters. The molecule has 148 valence electrons. The van der Waals surface area contributed by atoms with E-state index in [1.165, 1.54) is 6.42 Å². The van der Waals surface area contributed by atoms with E-state index in [-0.39, 0.29) is 17.7 Å². The van der Waals surface area contributed by atoms with Crippen LogP contribution in [0.15, 0.2) is 42.5 Å². The van der Waals surface area contributed by atoms with Crippen molar-refractivity contribution in [2.24, 2.45) is 5.92 Å². The molecule has 2 aromatic carbocycles. The highest BCUT2D eigenvalue weighted by molar-refractivity contribution is 5.98. The van der Waals surface area contributed by atoms with E-state index < -0.39 is 6.04 Å². The zero-order valence-corrected chi connectivity index (χ0v) is 16.4. The molecule has 29 heavy (non-hydrogen) atoms. The van der Waals surface area contributed by atoms with Gasteiger partial charge in [0.05, 0.1) is 6.07 Å². The Morgan fingerprint density at radius 1 is 1.10 bits per heavy atom. The van der Waals surface area contributed by atoms with Crippen LogP contribution >= 0.6 is 0 Å². The molecular weight excluding hydrogens is 362 g/mol. The molecule has 2 amide bonds. The van der Waals surface area contributed by atoms with Crippen molar-refractivity contribution < 1.29 is 9.59 Å². The van der Waals surface area contributed by atoms with Crippen LogP contribution in [0, 0.1) is 17.2 Å². The fourth-order valence-corrected chi connectivity index (χ4v) is 4.26.